The number of para-hydroxylation sites is 1. The first-order valence-electron chi connectivity index (χ1n) is 10.6. The molecule has 2 N–H and O–H groups in total. The van der Waals surface area contributed by atoms with Gasteiger partial charge in [0.25, 0.3) is 5.91 Å². The minimum atomic E-state index is -0.152. The normalized spacial score (nSPS) is 14.2. The van der Waals surface area contributed by atoms with Crippen molar-refractivity contribution in [1.29, 1.82) is 0 Å². The van der Waals surface area contributed by atoms with E-state index < -0.39 is 0 Å². The fourth-order valence-corrected chi connectivity index (χ4v) is 3.97. The summed E-state index contributed by atoms with van der Waals surface area (Å²) < 4.78 is 15.9. The van der Waals surface area contributed by atoms with Crippen LogP contribution in [0.2, 0.25) is 0 Å². The molecule has 2 heterocycles. The van der Waals surface area contributed by atoms with Gasteiger partial charge in [-0.05, 0) is 54.8 Å². The van der Waals surface area contributed by atoms with E-state index in [2.05, 4.69) is 26.5 Å². The topological polar surface area (TPSA) is 88.7 Å². The van der Waals surface area contributed by atoms with Crippen LogP contribution in [0.25, 0.3) is 11.3 Å². The summed E-state index contributed by atoms with van der Waals surface area (Å²) in [6.45, 7) is 1.63. The Morgan fingerprint density at radius 1 is 1.03 bits per heavy atom. The maximum Gasteiger partial charge on any atom is 0.255 e. The number of H-pyrrole nitrogens is 1. The molecule has 0 aliphatic carbocycles. The van der Waals surface area contributed by atoms with Crippen LogP contribution in [0, 0.1) is 0 Å². The SMILES string of the molecule is COc1ccc(-c2cc(N3CCC(NC(=O)c4cccc(OC)c4OC)CC3)n[nH]2)cc1. The van der Waals surface area contributed by atoms with Crippen molar-refractivity contribution in [1.82, 2.24) is 15.5 Å². The summed E-state index contributed by atoms with van der Waals surface area (Å²) in [7, 11) is 4.75. The van der Waals surface area contributed by atoms with Gasteiger partial charge in [-0.25, -0.2) is 0 Å². The molecule has 1 aliphatic rings. The first-order valence-corrected chi connectivity index (χ1v) is 10.6. The van der Waals surface area contributed by atoms with Crippen molar-refractivity contribution >= 4 is 11.7 Å². The number of ether oxygens (including phenoxy) is 3. The molecular weight excluding hydrogens is 408 g/mol. The third kappa shape index (κ3) is 4.49. The van der Waals surface area contributed by atoms with Crippen LogP contribution in [0.15, 0.2) is 48.5 Å². The van der Waals surface area contributed by atoms with Crippen molar-refractivity contribution < 1.29 is 19.0 Å². The highest BCUT2D eigenvalue weighted by Gasteiger charge is 2.24. The summed E-state index contributed by atoms with van der Waals surface area (Å²) in [5.41, 5.74) is 2.49. The maximum absolute atomic E-state index is 12.8. The van der Waals surface area contributed by atoms with E-state index >= 15 is 0 Å². The molecule has 0 spiro atoms. The Kier molecular flexibility index (Phi) is 6.49. The molecule has 8 nitrogen and oxygen atoms in total. The third-order valence-corrected chi connectivity index (χ3v) is 5.77. The van der Waals surface area contributed by atoms with Gasteiger partial charge >= 0.3 is 0 Å². The van der Waals surface area contributed by atoms with Crippen molar-refractivity contribution in [2.75, 3.05) is 39.3 Å². The van der Waals surface area contributed by atoms with Crippen molar-refractivity contribution in [2.45, 2.75) is 18.9 Å². The zero-order valence-electron chi connectivity index (χ0n) is 18.6. The molecule has 1 fully saturated rings. The molecule has 1 amide bonds. The Morgan fingerprint density at radius 3 is 2.44 bits per heavy atom. The summed E-state index contributed by atoms with van der Waals surface area (Å²) in [6, 6.07) is 15.3. The lowest BCUT2D eigenvalue weighted by Crippen LogP contribution is -2.44. The van der Waals surface area contributed by atoms with E-state index in [4.69, 9.17) is 14.2 Å². The number of carbonyl (C=O) groups is 1. The van der Waals surface area contributed by atoms with Gasteiger partial charge in [-0.2, -0.15) is 5.10 Å². The Balaban J connectivity index is 1.36. The molecule has 0 unspecified atom stereocenters. The van der Waals surface area contributed by atoms with Crippen LogP contribution >= 0.6 is 0 Å². The van der Waals surface area contributed by atoms with E-state index in [1.807, 2.05) is 24.3 Å². The van der Waals surface area contributed by atoms with E-state index in [1.165, 1.54) is 7.11 Å². The second kappa shape index (κ2) is 9.64. The molecule has 32 heavy (non-hydrogen) atoms. The van der Waals surface area contributed by atoms with Gasteiger partial charge in [0.2, 0.25) is 0 Å². The Labute approximate surface area is 187 Å². The highest BCUT2D eigenvalue weighted by Crippen LogP contribution is 2.31. The fourth-order valence-electron chi connectivity index (χ4n) is 3.97. The van der Waals surface area contributed by atoms with Gasteiger partial charge < -0.3 is 24.4 Å². The summed E-state index contributed by atoms with van der Waals surface area (Å²) in [5, 5.41) is 10.7. The number of aromatic amines is 1. The van der Waals surface area contributed by atoms with Crippen molar-refractivity contribution in [3.8, 4) is 28.5 Å². The molecule has 4 rings (SSSR count). The molecule has 2 aromatic carbocycles. The molecule has 1 aromatic heterocycles. The lowest BCUT2D eigenvalue weighted by molar-refractivity contribution is 0.0927. The Bertz CT molecular complexity index is 1060. The number of carbonyl (C=O) groups excluding carboxylic acids is 1. The minimum Gasteiger partial charge on any atom is -0.497 e. The smallest absolute Gasteiger partial charge is 0.255 e. The highest BCUT2D eigenvalue weighted by molar-refractivity contribution is 5.98. The number of amides is 1. The van der Waals surface area contributed by atoms with E-state index in [9.17, 15) is 4.79 Å². The molecule has 0 atom stereocenters. The van der Waals surface area contributed by atoms with Crippen molar-refractivity contribution in [3.63, 3.8) is 0 Å². The first-order chi connectivity index (χ1) is 15.6. The summed E-state index contributed by atoms with van der Waals surface area (Å²) >= 11 is 0. The van der Waals surface area contributed by atoms with Crippen LogP contribution < -0.4 is 24.4 Å². The van der Waals surface area contributed by atoms with Gasteiger partial charge in [0.05, 0.1) is 32.6 Å². The number of aromatic nitrogens is 2. The number of nitrogens with one attached hydrogen (secondary N) is 2. The monoisotopic (exact) mass is 436 g/mol. The minimum absolute atomic E-state index is 0.0923. The van der Waals surface area contributed by atoms with Gasteiger partial charge in [-0.1, -0.05) is 6.07 Å². The lowest BCUT2D eigenvalue weighted by atomic mass is 10.0. The highest BCUT2D eigenvalue weighted by atomic mass is 16.5. The molecule has 3 aromatic rings. The summed E-state index contributed by atoms with van der Waals surface area (Å²) in [6.07, 6.45) is 1.67. The van der Waals surface area contributed by atoms with Gasteiger partial charge in [0, 0.05) is 25.2 Å². The van der Waals surface area contributed by atoms with Crippen molar-refractivity contribution in [3.05, 3.63) is 54.1 Å². The lowest BCUT2D eigenvalue weighted by Gasteiger charge is -2.32. The Hall–Kier alpha value is -3.68. The molecule has 0 radical (unpaired) electrons. The molecular formula is C24H28N4O4. The van der Waals surface area contributed by atoms with Gasteiger partial charge in [0.1, 0.15) is 5.75 Å². The van der Waals surface area contributed by atoms with Crippen LogP contribution in [0.5, 0.6) is 17.2 Å². The number of benzene rings is 2. The molecule has 8 heteroatoms. The van der Waals surface area contributed by atoms with E-state index in [1.54, 1.807) is 32.4 Å². The zero-order chi connectivity index (χ0) is 22.5. The standard InChI is InChI=1S/C24H28N4O4/c1-30-18-9-7-16(8-10-18)20-15-22(27-26-20)28-13-11-17(12-14-28)25-24(29)19-5-4-6-21(31-2)23(19)32-3/h4-10,15,17H,11-14H2,1-3H3,(H,25,29)(H,26,27). The van der Waals surface area contributed by atoms with Crippen LogP contribution in [0.1, 0.15) is 23.2 Å². The average molecular weight is 437 g/mol. The first kappa shape index (κ1) is 21.5. The fraction of sp³-hybridized carbons (Fsp3) is 0.333. The zero-order valence-corrected chi connectivity index (χ0v) is 18.6. The second-order valence-electron chi connectivity index (χ2n) is 7.64. The summed E-state index contributed by atoms with van der Waals surface area (Å²) in [4.78, 5) is 15.1. The maximum atomic E-state index is 12.8. The third-order valence-electron chi connectivity index (χ3n) is 5.77. The molecule has 168 valence electrons. The average Bonchev–Trinajstić information content (AvgIpc) is 3.34. The number of anilines is 1. The van der Waals surface area contributed by atoms with Crippen LogP contribution in [0.3, 0.4) is 0 Å². The van der Waals surface area contributed by atoms with E-state index in [-0.39, 0.29) is 11.9 Å². The number of hydrogen-bond donors (Lipinski definition) is 2. The predicted molar refractivity (Wildman–Crippen MR) is 123 cm³/mol. The second-order valence-corrected chi connectivity index (χ2v) is 7.64. The van der Waals surface area contributed by atoms with Crippen molar-refractivity contribution in [2.24, 2.45) is 0 Å². The van der Waals surface area contributed by atoms with Crippen LogP contribution in [-0.4, -0.2) is 56.6 Å². The number of hydrogen-bond acceptors (Lipinski definition) is 6. The van der Waals surface area contributed by atoms with Crippen LogP contribution in [0.4, 0.5) is 5.82 Å². The summed E-state index contributed by atoms with van der Waals surface area (Å²) in [5.74, 6) is 2.58. The van der Waals surface area contributed by atoms with Gasteiger partial charge in [0.15, 0.2) is 17.3 Å². The van der Waals surface area contributed by atoms with Gasteiger partial charge in [-0.3, -0.25) is 9.89 Å². The quantitative estimate of drug-likeness (QED) is 0.589. The number of nitrogens with zero attached hydrogens (tertiary/aromatic N) is 2. The number of piperidine rings is 1. The number of rotatable bonds is 7. The number of methoxy groups -OCH3 is 3. The Morgan fingerprint density at radius 2 is 1.78 bits per heavy atom. The largest absolute Gasteiger partial charge is 0.497 e. The van der Waals surface area contributed by atoms with Crippen LogP contribution in [-0.2, 0) is 0 Å². The van der Waals surface area contributed by atoms with E-state index in [0.717, 1.165) is 48.8 Å². The predicted octanol–water partition coefficient (Wildman–Crippen LogP) is 3.50. The van der Waals surface area contributed by atoms with Gasteiger partial charge in [-0.15, -0.1) is 0 Å². The molecule has 1 saturated heterocycles. The molecule has 0 bridgehead atoms. The molecule has 1 aliphatic heterocycles. The molecule has 0 saturated carbocycles. The van der Waals surface area contributed by atoms with E-state index in [0.29, 0.717) is 17.1 Å².